The SMILES string of the molecule is CC(NC(=S)Nc1cccnc1Sc1ccc(Cl)cc1)c1ccccc1. The Morgan fingerprint density at radius 1 is 1.04 bits per heavy atom. The van der Waals surface area contributed by atoms with Crippen LogP contribution in [0.25, 0.3) is 0 Å². The zero-order chi connectivity index (χ0) is 18.4. The molecule has 26 heavy (non-hydrogen) atoms. The summed E-state index contributed by atoms with van der Waals surface area (Å²) in [4.78, 5) is 5.53. The minimum absolute atomic E-state index is 0.111. The maximum Gasteiger partial charge on any atom is 0.171 e. The number of hydrogen-bond donors (Lipinski definition) is 2. The zero-order valence-corrected chi connectivity index (χ0v) is 16.5. The molecule has 0 radical (unpaired) electrons. The van der Waals surface area contributed by atoms with Gasteiger partial charge < -0.3 is 10.6 Å². The minimum atomic E-state index is 0.111. The summed E-state index contributed by atoms with van der Waals surface area (Å²) in [6, 6.07) is 21.8. The predicted molar refractivity (Wildman–Crippen MR) is 114 cm³/mol. The van der Waals surface area contributed by atoms with E-state index in [1.807, 2.05) is 54.6 Å². The van der Waals surface area contributed by atoms with E-state index in [1.165, 1.54) is 5.56 Å². The zero-order valence-electron chi connectivity index (χ0n) is 14.1. The normalized spacial score (nSPS) is 11.6. The lowest BCUT2D eigenvalue weighted by Crippen LogP contribution is -2.31. The summed E-state index contributed by atoms with van der Waals surface area (Å²) in [6.45, 7) is 2.08. The van der Waals surface area contributed by atoms with Gasteiger partial charge in [0.15, 0.2) is 5.11 Å². The van der Waals surface area contributed by atoms with Crippen LogP contribution in [0.2, 0.25) is 5.02 Å². The lowest BCUT2D eigenvalue weighted by Gasteiger charge is -2.18. The highest BCUT2D eigenvalue weighted by atomic mass is 35.5. The van der Waals surface area contributed by atoms with Gasteiger partial charge in [0.2, 0.25) is 0 Å². The summed E-state index contributed by atoms with van der Waals surface area (Å²) in [5.41, 5.74) is 2.05. The van der Waals surface area contributed by atoms with Crippen molar-refractivity contribution in [3.8, 4) is 0 Å². The number of nitrogens with zero attached hydrogens (tertiary/aromatic N) is 1. The number of thiocarbonyl (C=S) groups is 1. The summed E-state index contributed by atoms with van der Waals surface area (Å²) in [7, 11) is 0. The molecule has 132 valence electrons. The van der Waals surface area contributed by atoms with Crippen molar-refractivity contribution in [3.05, 3.63) is 83.5 Å². The van der Waals surface area contributed by atoms with Crippen molar-refractivity contribution in [1.29, 1.82) is 0 Å². The first-order valence-corrected chi connectivity index (χ1v) is 9.73. The van der Waals surface area contributed by atoms with Gasteiger partial charge in [0.25, 0.3) is 0 Å². The maximum absolute atomic E-state index is 5.95. The fourth-order valence-electron chi connectivity index (χ4n) is 2.36. The van der Waals surface area contributed by atoms with Crippen molar-refractivity contribution < 1.29 is 0 Å². The Morgan fingerprint density at radius 3 is 2.50 bits per heavy atom. The number of rotatable bonds is 5. The van der Waals surface area contributed by atoms with E-state index in [1.54, 1.807) is 18.0 Å². The average molecular weight is 400 g/mol. The van der Waals surface area contributed by atoms with E-state index < -0.39 is 0 Å². The van der Waals surface area contributed by atoms with Gasteiger partial charge in [-0.1, -0.05) is 53.7 Å². The van der Waals surface area contributed by atoms with Crippen LogP contribution < -0.4 is 10.6 Å². The molecule has 3 nitrogen and oxygen atoms in total. The highest BCUT2D eigenvalue weighted by Gasteiger charge is 2.10. The van der Waals surface area contributed by atoms with E-state index in [4.69, 9.17) is 23.8 Å². The van der Waals surface area contributed by atoms with Crippen LogP contribution in [0.5, 0.6) is 0 Å². The average Bonchev–Trinajstić information content (AvgIpc) is 2.66. The second kappa shape index (κ2) is 9.03. The molecule has 0 aliphatic carbocycles. The molecule has 0 aliphatic heterocycles. The van der Waals surface area contributed by atoms with E-state index in [2.05, 4.69) is 34.7 Å². The molecule has 3 rings (SSSR count). The van der Waals surface area contributed by atoms with E-state index in [-0.39, 0.29) is 6.04 Å². The first-order chi connectivity index (χ1) is 12.6. The van der Waals surface area contributed by atoms with Crippen LogP contribution in [-0.2, 0) is 0 Å². The Morgan fingerprint density at radius 2 is 1.77 bits per heavy atom. The van der Waals surface area contributed by atoms with Gasteiger partial charge >= 0.3 is 0 Å². The minimum Gasteiger partial charge on any atom is -0.356 e. The van der Waals surface area contributed by atoms with Crippen molar-refractivity contribution >= 4 is 46.4 Å². The van der Waals surface area contributed by atoms with Crippen molar-refractivity contribution in [1.82, 2.24) is 10.3 Å². The standard InChI is InChI=1S/C20H18ClN3S2/c1-14(15-6-3-2-4-7-15)23-20(25)24-18-8-5-13-22-19(18)26-17-11-9-16(21)10-12-17/h2-14H,1H3,(H2,23,24,25). The molecule has 0 saturated carbocycles. The van der Waals surface area contributed by atoms with Crippen LogP contribution in [0.1, 0.15) is 18.5 Å². The molecule has 0 bridgehead atoms. The van der Waals surface area contributed by atoms with Gasteiger partial charge in [-0.15, -0.1) is 0 Å². The molecule has 0 amide bonds. The van der Waals surface area contributed by atoms with Crippen molar-refractivity contribution in [2.45, 2.75) is 22.9 Å². The summed E-state index contributed by atoms with van der Waals surface area (Å²) in [6.07, 6.45) is 1.77. The van der Waals surface area contributed by atoms with Crippen molar-refractivity contribution in [2.75, 3.05) is 5.32 Å². The largest absolute Gasteiger partial charge is 0.356 e. The lowest BCUT2D eigenvalue weighted by molar-refractivity contribution is 0.722. The van der Waals surface area contributed by atoms with Gasteiger partial charge in [-0.2, -0.15) is 0 Å². The lowest BCUT2D eigenvalue weighted by atomic mass is 10.1. The number of halogens is 1. The van der Waals surface area contributed by atoms with Crippen molar-refractivity contribution in [3.63, 3.8) is 0 Å². The number of hydrogen-bond acceptors (Lipinski definition) is 3. The topological polar surface area (TPSA) is 37.0 Å². The highest BCUT2D eigenvalue weighted by molar-refractivity contribution is 7.99. The molecule has 0 spiro atoms. The molecule has 3 aromatic rings. The molecule has 0 saturated heterocycles. The highest BCUT2D eigenvalue weighted by Crippen LogP contribution is 2.32. The molecule has 1 aromatic heterocycles. The molecule has 1 atom stereocenters. The monoisotopic (exact) mass is 399 g/mol. The number of benzene rings is 2. The third-order valence-corrected chi connectivity index (χ3v) is 5.19. The second-order valence-corrected chi connectivity index (χ2v) is 7.55. The Bertz CT molecular complexity index is 870. The van der Waals surface area contributed by atoms with Gasteiger partial charge in [0, 0.05) is 16.1 Å². The van der Waals surface area contributed by atoms with Gasteiger partial charge in [-0.25, -0.2) is 4.98 Å². The first kappa shape index (κ1) is 18.7. The number of aromatic nitrogens is 1. The number of anilines is 1. The van der Waals surface area contributed by atoms with E-state index in [0.29, 0.717) is 10.1 Å². The van der Waals surface area contributed by atoms with Crippen LogP contribution in [0, 0.1) is 0 Å². The molecular weight excluding hydrogens is 382 g/mol. The van der Waals surface area contributed by atoms with Crippen molar-refractivity contribution in [2.24, 2.45) is 0 Å². The van der Waals surface area contributed by atoms with E-state index >= 15 is 0 Å². The fourth-order valence-corrected chi connectivity index (χ4v) is 3.61. The molecule has 2 aromatic carbocycles. The molecular formula is C20H18ClN3S2. The molecule has 6 heteroatoms. The Balaban J connectivity index is 1.67. The second-order valence-electron chi connectivity index (χ2n) is 5.64. The van der Waals surface area contributed by atoms with Gasteiger partial charge in [0.1, 0.15) is 5.03 Å². The Hall–Kier alpha value is -2.08. The van der Waals surface area contributed by atoms with Gasteiger partial charge in [-0.05, 0) is 61.1 Å². The summed E-state index contributed by atoms with van der Waals surface area (Å²) < 4.78 is 0. The maximum atomic E-state index is 5.95. The summed E-state index contributed by atoms with van der Waals surface area (Å²) >= 11 is 13.0. The predicted octanol–water partition coefficient (Wildman–Crippen LogP) is 5.93. The number of nitrogens with one attached hydrogen (secondary N) is 2. The molecule has 0 fully saturated rings. The van der Waals surface area contributed by atoms with E-state index in [0.717, 1.165) is 15.6 Å². The van der Waals surface area contributed by atoms with Crippen LogP contribution in [0.15, 0.2) is 82.8 Å². The first-order valence-electron chi connectivity index (χ1n) is 8.13. The fraction of sp³-hybridized carbons (Fsp3) is 0.100. The van der Waals surface area contributed by atoms with Crippen LogP contribution in [0.3, 0.4) is 0 Å². The molecule has 1 heterocycles. The van der Waals surface area contributed by atoms with Crippen LogP contribution in [-0.4, -0.2) is 10.1 Å². The van der Waals surface area contributed by atoms with Gasteiger partial charge in [-0.3, -0.25) is 0 Å². The smallest absolute Gasteiger partial charge is 0.171 e. The quantitative estimate of drug-likeness (QED) is 0.519. The van der Waals surface area contributed by atoms with Gasteiger partial charge in [0.05, 0.1) is 11.7 Å². The molecule has 1 unspecified atom stereocenters. The summed E-state index contributed by atoms with van der Waals surface area (Å²) in [5, 5.41) is 8.69. The summed E-state index contributed by atoms with van der Waals surface area (Å²) in [5.74, 6) is 0. The Labute approximate surface area is 168 Å². The number of pyridine rings is 1. The van der Waals surface area contributed by atoms with E-state index in [9.17, 15) is 0 Å². The Kier molecular flexibility index (Phi) is 6.50. The third-order valence-electron chi connectivity index (χ3n) is 3.69. The van der Waals surface area contributed by atoms with Crippen LogP contribution >= 0.6 is 35.6 Å². The third kappa shape index (κ3) is 5.21. The molecule has 0 aliphatic rings. The molecule has 2 N–H and O–H groups in total. The van der Waals surface area contributed by atoms with Crippen LogP contribution in [0.4, 0.5) is 5.69 Å².